The number of alkyl carbamates (subject to hydrolysis) is 1. The fraction of sp³-hybridized carbons (Fsp3) is 0.296. The van der Waals surface area contributed by atoms with Gasteiger partial charge in [0.2, 0.25) is 0 Å². The topological polar surface area (TPSA) is 50.8 Å². The number of rotatable bonds is 7. The molecule has 1 amide bonds. The lowest BCUT2D eigenvalue weighted by atomic mass is 9.99. The number of likely N-dealkylation sites (tertiary alicyclic amines) is 1. The van der Waals surface area contributed by atoms with Gasteiger partial charge in [-0.25, -0.2) is 4.79 Å². The van der Waals surface area contributed by atoms with Crippen molar-refractivity contribution in [1.82, 2.24) is 10.2 Å². The van der Waals surface area contributed by atoms with Crippen LogP contribution in [-0.2, 0) is 11.3 Å². The Morgan fingerprint density at radius 3 is 2.16 bits per heavy atom. The lowest BCUT2D eigenvalue weighted by Crippen LogP contribution is -2.40. The van der Waals surface area contributed by atoms with Crippen LogP contribution in [0.2, 0.25) is 0 Å². The minimum Gasteiger partial charge on any atom is -0.497 e. The molecule has 4 rings (SSSR count). The first kappa shape index (κ1) is 21.9. The summed E-state index contributed by atoms with van der Waals surface area (Å²) >= 11 is 0. The second-order valence-corrected chi connectivity index (χ2v) is 8.13. The van der Waals surface area contributed by atoms with Crippen LogP contribution in [0.3, 0.4) is 0 Å². The van der Waals surface area contributed by atoms with Crippen LogP contribution >= 0.6 is 0 Å². The lowest BCUT2D eigenvalue weighted by molar-refractivity contribution is 0.0476. The Morgan fingerprint density at radius 1 is 0.938 bits per heavy atom. The zero-order valence-electron chi connectivity index (χ0n) is 18.4. The van der Waals surface area contributed by atoms with Crippen LogP contribution in [0.15, 0.2) is 84.9 Å². The third-order valence-corrected chi connectivity index (χ3v) is 5.88. The van der Waals surface area contributed by atoms with Crippen LogP contribution < -0.4 is 10.1 Å². The van der Waals surface area contributed by atoms with Crippen LogP contribution in [0.4, 0.5) is 4.79 Å². The summed E-state index contributed by atoms with van der Waals surface area (Å²) in [5, 5.41) is 3.07. The second-order valence-electron chi connectivity index (χ2n) is 8.13. The molecule has 1 saturated heterocycles. The van der Waals surface area contributed by atoms with Gasteiger partial charge in [0.15, 0.2) is 0 Å². The number of methoxy groups -OCH3 is 1. The van der Waals surface area contributed by atoms with E-state index in [1.54, 1.807) is 7.11 Å². The van der Waals surface area contributed by atoms with Gasteiger partial charge in [-0.3, -0.25) is 4.90 Å². The number of carbonyl (C=O) groups is 1. The van der Waals surface area contributed by atoms with E-state index in [9.17, 15) is 4.79 Å². The molecule has 1 heterocycles. The monoisotopic (exact) mass is 430 g/mol. The predicted octanol–water partition coefficient (Wildman–Crippen LogP) is 5.18. The highest BCUT2D eigenvalue weighted by Gasteiger charge is 2.24. The molecule has 0 spiro atoms. The Kier molecular flexibility index (Phi) is 7.41. The molecule has 1 aliphatic rings. The van der Waals surface area contributed by atoms with Crippen molar-refractivity contribution < 1.29 is 14.3 Å². The molecule has 0 saturated carbocycles. The normalized spacial score (nSPS) is 14.8. The van der Waals surface area contributed by atoms with Crippen molar-refractivity contribution in [1.29, 1.82) is 0 Å². The van der Waals surface area contributed by atoms with Gasteiger partial charge >= 0.3 is 6.09 Å². The summed E-state index contributed by atoms with van der Waals surface area (Å²) in [5.41, 5.74) is 3.29. The van der Waals surface area contributed by atoms with Gasteiger partial charge in [0.1, 0.15) is 11.9 Å². The number of amides is 1. The number of nitrogens with one attached hydrogen (secondary N) is 1. The maximum Gasteiger partial charge on any atom is 0.408 e. The minimum absolute atomic E-state index is 0.0660. The maximum absolute atomic E-state index is 12.8. The second kappa shape index (κ2) is 10.8. The zero-order valence-corrected chi connectivity index (χ0v) is 18.4. The molecule has 3 aromatic carbocycles. The summed E-state index contributed by atoms with van der Waals surface area (Å²) in [4.78, 5) is 15.1. The number of carbonyl (C=O) groups excluding carboxylic acids is 1. The van der Waals surface area contributed by atoms with Crippen LogP contribution in [0, 0.1) is 0 Å². The third-order valence-electron chi connectivity index (χ3n) is 5.88. The van der Waals surface area contributed by atoms with Crippen LogP contribution in [0.25, 0.3) is 0 Å². The van der Waals surface area contributed by atoms with E-state index in [0.717, 1.165) is 49.4 Å². The molecule has 0 bridgehead atoms. The summed E-state index contributed by atoms with van der Waals surface area (Å²) in [7, 11) is 1.69. The first-order valence-electron chi connectivity index (χ1n) is 11.1. The summed E-state index contributed by atoms with van der Waals surface area (Å²) in [6.45, 7) is 2.67. The lowest BCUT2D eigenvalue weighted by Gasteiger charge is -2.32. The number of nitrogens with zero attached hydrogens (tertiary/aromatic N) is 1. The Balaban J connectivity index is 1.31. The Bertz CT molecular complexity index is 947. The molecule has 32 heavy (non-hydrogen) atoms. The predicted molar refractivity (Wildman–Crippen MR) is 126 cm³/mol. The molecule has 0 radical (unpaired) electrons. The molecule has 5 nitrogen and oxygen atoms in total. The van der Waals surface area contributed by atoms with Gasteiger partial charge in [-0.05, 0) is 41.7 Å². The van der Waals surface area contributed by atoms with E-state index < -0.39 is 0 Å². The number of benzene rings is 3. The smallest absolute Gasteiger partial charge is 0.408 e. The number of hydrogen-bond donors (Lipinski definition) is 1. The van der Waals surface area contributed by atoms with Crippen molar-refractivity contribution in [2.45, 2.75) is 31.5 Å². The fourth-order valence-corrected chi connectivity index (χ4v) is 4.17. The zero-order chi connectivity index (χ0) is 22.2. The highest BCUT2D eigenvalue weighted by Crippen LogP contribution is 2.23. The molecule has 166 valence electrons. The summed E-state index contributed by atoms with van der Waals surface area (Å²) in [5.74, 6) is 0.878. The Hall–Kier alpha value is -3.31. The van der Waals surface area contributed by atoms with Gasteiger partial charge in [-0.1, -0.05) is 72.8 Å². The maximum atomic E-state index is 12.8. The molecular weight excluding hydrogens is 400 g/mol. The first-order valence-corrected chi connectivity index (χ1v) is 11.1. The molecule has 1 fully saturated rings. The van der Waals surface area contributed by atoms with Gasteiger partial charge in [0, 0.05) is 19.6 Å². The van der Waals surface area contributed by atoms with E-state index in [-0.39, 0.29) is 18.2 Å². The van der Waals surface area contributed by atoms with E-state index in [2.05, 4.69) is 22.3 Å². The molecule has 0 unspecified atom stereocenters. The molecule has 3 aromatic rings. The number of hydrogen-bond acceptors (Lipinski definition) is 4. The van der Waals surface area contributed by atoms with Crippen molar-refractivity contribution in [3.8, 4) is 5.75 Å². The third kappa shape index (κ3) is 5.89. The van der Waals surface area contributed by atoms with Crippen molar-refractivity contribution in [3.63, 3.8) is 0 Å². The van der Waals surface area contributed by atoms with Crippen molar-refractivity contribution >= 4 is 6.09 Å². The van der Waals surface area contributed by atoms with Crippen molar-refractivity contribution in [3.05, 3.63) is 102 Å². The molecule has 1 aliphatic heterocycles. The van der Waals surface area contributed by atoms with E-state index in [1.165, 1.54) is 5.56 Å². The first-order chi connectivity index (χ1) is 15.7. The van der Waals surface area contributed by atoms with E-state index in [1.807, 2.05) is 72.8 Å². The summed E-state index contributed by atoms with van der Waals surface area (Å²) in [6.07, 6.45) is 1.23. The summed E-state index contributed by atoms with van der Waals surface area (Å²) < 4.78 is 11.1. The highest BCUT2D eigenvalue weighted by atomic mass is 16.6. The highest BCUT2D eigenvalue weighted by molar-refractivity contribution is 5.69. The van der Waals surface area contributed by atoms with Crippen molar-refractivity contribution in [2.24, 2.45) is 0 Å². The van der Waals surface area contributed by atoms with Crippen LogP contribution in [0.1, 0.15) is 35.6 Å². The largest absolute Gasteiger partial charge is 0.497 e. The number of ether oxygens (including phenoxy) is 2. The van der Waals surface area contributed by atoms with E-state index in [4.69, 9.17) is 9.47 Å². The average molecular weight is 431 g/mol. The quantitative estimate of drug-likeness (QED) is 0.561. The van der Waals surface area contributed by atoms with Gasteiger partial charge < -0.3 is 14.8 Å². The van der Waals surface area contributed by atoms with Crippen LogP contribution in [0.5, 0.6) is 5.75 Å². The molecule has 0 aromatic heterocycles. The Morgan fingerprint density at radius 2 is 1.56 bits per heavy atom. The minimum atomic E-state index is -0.367. The van der Waals surface area contributed by atoms with Gasteiger partial charge in [-0.15, -0.1) is 0 Å². The molecule has 0 aliphatic carbocycles. The van der Waals surface area contributed by atoms with Gasteiger partial charge in [-0.2, -0.15) is 0 Å². The van der Waals surface area contributed by atoms with Gasteiger partial charge in [0.05, 0.1) is 13.2 Å². The van der Waals surface area contributed by atoms with Crippen molar-refractivity contribution in [2.75, 3.05) is 20.2 Å². The number of piperidine rings is 1. The summed E-state index contributed by atoms with van der Waals surface area (Å²) in [6, 6.07) is 27.9. The average Bonchev–Trinajstić information content (AvgIpc) is 2.85. The fourth-order valence-electron chi connectivity index (χ4n) is 4.17. The molecule has 1 N–H and O–H groups in total. The standard InChI is InChI=1S/C27H30N2O3/c1-31-25-14-8-9-21(19-25)20-29-17-15-24(16-18-29)32-27(30)28-26(22-10-4-2-5-11-22)23-12-6-3-7-13-23/h2-14,19,24,26H,15-18,20H2,1H3,(H,28,30). The van der Waals surface area contributed by atoms with E-state index in [0.29, 0.717) is 0 Å². The molecular formula is C27H30N2O3. The Labute approximate surface area is 190 Å². The molecule has 0 atom stereocenters. The SMILES string of the molecule is COc1cccc(CN2CCC(OC(=O)NC(c3ccccc3)c3ccccc3)CC2)c1. The van der Waals surface area contributed by atoms with E-state index >= 15 is 0 Å². The molecule has 5 heteroatoms. The van der Waals surface area contributed by atoms with Crippen LogP contribution in [-0.4, -0.2) is 37.3 Å². The van der Waals surface area contributed by atoms with Gasteiger partial charge in [0.25, 0.3) is 0 Å².